The van der Waals surface area contributed by atoms with Crippen molar-refractivity contribution in [2.24, 2.45) is 10.2 Å². The quantitative estimate of drug-likeness (QED) is 0.169. The maximum absolute atomic E-state index is 10.9. The number of non-ortho nitro benzene ring substituents is 1. The molecule has 158 valence electrons. The number of azo groups is 1. The Kier molecular flexibility index (Phi) is 7.24. The predicted molar refractivity (Wildman–Crippen MR) is 120 cm³/mol. The lowest BCUT2D eigenvalue weighted by atomic mass is 10.2. The maximum Gasteiger partial charge on any atom is 0.270 e. The zero-order valence-corrected chi connectivity index (χ0v) is 17.7. The van der Waals surface area contributed by atoms with Gasteiger partial charge >= 0.3 is 0 Å². The van der Waals surface area contributed by atoms with E-state index in [-0.39, 0.29) is 5.69 Å². The first-order chi connectivity index (χ1) is 15.0. The molecular weight excluding hydrogens is 416 g/mol. The number of hydrogen-bond donors (Lipinski definition) is 0. The number of anilines is 1. The van der Waals surface area contributed by atoms with E-state index in [1.54, 1.807) is 13.0 Å². The van der Waals surface area contributed by atoms with Gasteiger partial charge in [-0.2, -0.15) is 5.26 Å². The highest BCUT2D eigenvalue weighted by atomic mass is 32.1. The number of rotatable bonds is 10. The summed E-state index contributed by atoms with van der Waals surface area (Å²) in [5.74, 6) is 0.653. The Balaban J connectivity index is 1.70. The minimum atomic E-state index is -0.438. The van der Waals surface area contributed by atoms with E-state index < -0.39 is 4.92 Å². The largest absolute Gasteiger partial charge is 0.497 e. The van der Waals surface area contributed by atoms with Crippen LogP contribution in [0.2, 0.25) is 0 Å². The van der Waals surface area contributed by atoms with Crippen LogP contribution in [0.15, 0.2) is 65.0 Å². The van der Waals surface area contributed by atoms with E-state index in [2.05, 4.69) is 32.8 Å². The van der Waals surface area contributed by atoms with Crippen molar-refractivity contribution in [3.8, 4) is 6.07 Å². The number of thiazole rings is 1. The molecule has 0 bridgehead atoms. The molecule has 0 amide bonds. The molecule has 0 N–H and O–H groups in total. The first-order valence-corrected chi connectivity index (χ1v) is 10.2. The third-order valence-electron chi connectivity index (χ3n) is 4.24. The van der Waals surface area contributed by atoms with Gasteiger partial charge < -0.3 is 9.64 Å². The van der Waals surface area contributed by atoms with Crippen LogP contribution in [0.25, 0.3) is 10.2 Å². The fraction of sp³-hybridized carbons (Fsp3) is 0.238. The number of nitriles is 1. The second kappa shape index (κ2) is 10.3. The van der Waals surface area contributed by atoms with E-state index in [9.17, 15) is 10.1 Å². The Morgan fingerprint density at radius 1 is 1.29 bits per heavy atom. The van der Waals surface area contributed by atoms with Crippen LogP contribution in [0.3, 0.4) is 0 Å². The summed E-state index contributed by atoms with van der Waals surface area (Å²) in [5, 5.41) is 28.6. The van der Waals surface area contributed by atoms with Gasteiger partial charge in [-0.05, 0) is 37.3 Å². The van der Waals surface area contributed by atoms with Crippen molar-refractivity contribution < 1.29 is 9.66 Å². The van der Waals surface area contributed by atoms with Crippen LogP contribution in [0.1, 0.15) is 13.3 Å². The van der Waals surface area contributed by atoms with E-state index >= 15 is 0 Å². The molecule has 9 nitrogen and oxygen atoms in total. The molecule has 1 aromatic heterocycles. The van der Waals surface area contributed by atoms with Crippen LogP contribution in [-0.2, 0) is 4.74 Å². The van der Waals surface area contributed by atoms with Crippen molar-refractivity contribution in [3.63, 3.8) is 0 Å². The summed E-state index contributed by atoms with van der Waals surface area (Å²) >= 11 is 1.24. The fourth-order valence-corrected chi connectivity index (χ4v) is 3.59. The minimum Gasteiger partial charge on any atom is -0.497 e. The third-order valence-corrected chi connectivity index (χ3v) is 5.14. The van der Waals surface area contributed by atoms with Gasteiger partial charge in [0.15, 0.2) is 0 Å². The molecule has 0 aliphatic heterocycles. The van der Waals surface area contributed by atoms with Gasteiger partial charge in [0.05, 0.1) is 45.6 Å². The summed E-state index contributed by atoms with van der Waals surface area (Å²) in [6.07, 6.45) is 0.407. The Labute approximate surface area is 183 Å². The lowest BCUT2D eigenvalue weighted by molar-refractivity contribution is -0.384. The average Bonchev–Trinajstić information content (AvgIpc) is 3.17. The normalized spacial score (nSPS) is 10.8. The highest BCUT2D eigenvalue weighted by molar-refractivity contribution is 7.21. The molecule has 3 aromatic rings. The van der Waals surface area contributed by atoms with Gasteiger partial charge in [0.2, 0.25) is 5.13 Å². The summed E-state index contributed by atoms with van der Waals surface area (Å²) in [6.45, 7) is 7.23. The standard InChI is InChI=1S/C21H20N6O3S/c1-15(2)30-13-12-26(11-3-10-22)17-6-4-16(5-7-17)24-25-21-23-19-9-8-18(27(28)29)14-20(19)31-21/h4-9,14H,1,3,11-13H2,2H3. The number of fused-ring (bicyclic) bond motifs is 1. The van der Waals surface area contributed by atoms with Crippen LogP contribution in [-0.4, -0.2) is 29.6 Å². The van der Waals surface area contributed by atoms with Crippen molar-refractivity contribution >= 4 is 43.7 Å². The number of allylic oxidation sites excluding steroid dienone is 1. The number of nitrogens with zero attached hydrogens (tertiary/aromatic N) is 6. The summed E-state index contributed by atoms with van der Waals surface area (Å²) < 4.78 is 6.12. The van der Waals surface area contributed by atoms with Gasteiger partial charge in [0, 0.05) is 24.4 Å². The van der Waals surface area contributed by atoms with Gasteiger partial charge in [-0.3, -0.25) is 10.1 Å². The monoisotopic (exact) mass is 436 g/mol. The summed E-state index contributed by atoms with van der Waals surface area (Å²) in [5.41, 5.74) is 2.26. The van der Waals surface area contributed by atoms with Crippen LogP contribution >= 0.6 is 11.3 Å². The predicted octanol–water partition coefficient (Wildman–Crippen LogP) is 5.89. The Bertz CT molecular complexity index is 1150. The molecule has 3 rings (SSSR count). The lowest BCUT2D eigenvalue weighted by Crippen LogP contribution is -2.28. The zero-order valence-electron chi connectivity index (χ0n) is 16.9. The van der Waals surface area contributed by atoms with Crippen LogP contribution in [0.5, 0.6) is 0 Å². The van der Waals surface area contributed by atoms with Crippen LogP contribution in [0.4, 0.5) is 22.2 Å². The molecule has 0 radical (unpaired) electrons. The van der Waals surface area contributed by atoms with Gasteiger partial charge in [-0.1, -0.05) is 17.9 Å². The SMILES string of the molecule is C=C(C)OCCN(CCC#N)c1ccc(N=Nc2nc3ccc([N+](=O)[O-])cc3s2)cc1. The first-order valence-electron chi connectivity index (χ1n) is 9.43. The summed E-state index contributed by atoms with van der Waals surface area (Å²) in [4.78, 5) is 16.9. The topological polar surface area (TPSA) is 117 Å². The van der Waals surface area contributed by atoms with Crippen molar-refractivity contribution in [3.05, 3.63) is 64.9 Å². The molecule has 0 spiro atoms. The van der Waals surface area contributed by atoms with Crippen molar-refractivity contribution in [2.75, 3.05) is 24.6 Å². The van der Waals surface area contributed by atoms with Crippen molar-refractivity contribution in [1.82, 2.24) is 4.98 Å². The molecule has 0 saturated carbocycles. The highest BCUT2D eigenvalue weighted by Crippen LogP contribution is 2.32. The van der Waals surface area contributed by atoms with Crippen molar-refractivity contribution in [1.29, 1.82) is 5.26 Å². The Morgan fingerprint density at radius 3 is 2.74 bits per heavy atom. The van der Waals surface area contributed by atoms with Crippen LogP contribution in [0, 0.1) is 21.4 Å². The van der Waals surface area contributed by atoms with E-state index in [1.807, 2.05) is 24.3 Å². The van der Waals surface area contributed by atoms with E-state index in [0.717, 1.165) is 5.69 Å². The highest BCUT2D eigenvalue weighted by Gasteiger charge is 2.10. The molecule has 0 unspecified atom stereocenters. The number of aromatic nitrogens is 1. The van der Waals surface area contributed by atoms with Crippen LogP contribution < -0.4 is 4.90 Å². The zero-order chi connectivity index (χ0) is 22.2. The second-order valence-corrected chi connectivity index (χ2v) is 7.58. The molecular formula is C21H20N6O3S. The second-order valence-electron chi connectivity index (χ2n) is 6.57. The molecule has 31 heavy (non-hydrogen) atoms. The third kappa shape index (κ3) is 6.07. The molecule has 0 fully saturated rings. The number of hydrogen-bond acceptors (Lipinski definition) is 9. The minimum absolute atomic E-state index is 0.0184. The first kappa shape index (κ1) is 21.9. The van der Waals surface area contributed by atoms with Gasteiger partial charge in [0.1, 0.15) is 6.61 Å². The molecule has 2 aromatic carbocycles. The average molecular weight is 436 g/mol. The molecule has 0 saturated heterocycles. The molecule has 0 atom stereocenters. The molecule has 0 aliphatic rings. The molecule has 0 aliphatic carbocycles. The van der Waals surface area contributed by atoms with Crippen molar-refractivity contribution in [2.45, 2.75) is 13.3 Å². The number of nitro groups is 1. The van der Waals surface area contributed by atoms with Gasteiger partial charge in [0.25, 0.3) is 5.69 Å². The van der Waals surface area contributed by atoms with E-state index in [0.29, 0.717) is 52.9 Å². The van der Waals surface area contributed by atoms with E-state index in [1.165, 1.54) is 23.5 Å². The summed E-state index contributed by atoms with van der Waals surface area (Å²) in [7, 11) is 0. The molecule has 10 heteroatoms. The smallest absolute Gasteiger partial charge is 0.270 e. The number of benzene rings is 2. The number of ether oxygens (including phenoxy) is 1. The van der Waals surface area contributed by atoms with Gasteiger partial charge in [-0.25, -0.2) is 4.98 Å². The summed E-state index contributed by atoms with van der Waals surface area (Å²) in [6, 6.07) is 14.1. The van der Waals surface area contributed by atoms with E-state index in [4.69, 9.17) is 10.00 Å². The maximum atomic E-state index is 10.9. The Morgan fingerprint density at radius 2 is 2.06 bits per heavy atom. The Hall–Kier alpha value is -3.84. The molecule has 1 heterocycles. The van der Waals surface area contributed by atoms with Gasteiger partial charge in [-0.15, -0.1) is 10.2 Å². The fourth-order valence-electron chi connectivity index (χ4n) is 2.77. The lowest BCUT2D eigenvalue weighted by Gasteiger charge is -2.24. The number of nitro benzene ring substituents is 1.